The molecule has 0 aliphatic carbocycles. The fraction of sp³-hybridized carbons (Fsp3) is 0.727. The summed E-state index contributed by atoms with van der Waals surface area (Å²) in [5, 5.41) is 16.3. The van der Waals surface area contributed by atoms with Crippen LogP contribution in [0.1, 0.15) is 33.6 Å². The summed E-state index contributed by atoms with van der Waals surface area (Å²) in [4.78, 5) is 11.8. The van der Waals surface area contributed by atoms with Crippen molar-refractivity contribution in [3.63, 3.8) is 0 Å². The van der Waals surface area contributed by atoms with Gasteiger partial charge in [-0.2, -0.15) is 0 Å². The molecule has 0 saturated carbocycles. The second-order valence-corrected chi connectivity index (χ2v) is 5.14. The van der Waals surface area contributed by atoms with Crippen LogP contribution in [0.25, 0.3) is 0 Å². The zero-order valence-corrected chi connectivity index (χ0v) is 11.5. The zero-order valence-electron chi connectivity index (χ0n) is 11.5. The van der Waals surface area contributed by atoms with Crippen molar-refractivity contribution >= 4 is 11.9 Å². The van der Waals surface area contributed by atoms with Crippen LogP contribution in [-0.2, 0) is 11.3 Å². The van der Waals surface area contributed by atoms with Crippen LogP contribution in [0.2, 0.25) is 0 Å². The molecule has 18 heavy (non-hydrogen) atoms. The molecular weight excluding hydrogens is 234 g/mol. The third kappa shape index (κ3) is 4.70. The average Bonchev–Trinajstić information content (AvgIpc) is 2.63. The number of rotatable bonds is 5. The summed E-state index contributed by atoms with van der Waals surface area (Å²) < 4.78 is 5.30. The van der Waals surface area contributed by atoms with E-state index in [9.17, 15) is 4.79 Å². The first-order valence-electron chi connectivity index (χ1n) is 5.87. The predicted octanol–water partition coefficient (Wildman–Crippen LogP) is 0.504. The van der Waals surface area contributed by atoms with Gasteiger partial charge < -0.3 is 20.4 Å². The topological polar surface area (TPSA) is 92.1 Å². The summed E-state index contributed by atoms with van der Waals surface area (Å²) in [5.74, 6) is 0.360. The minimum absolute atomic E-state index is 0.115. The van der Waals surface area contributed by atoms with Crippen molar-refractivity contribution < 1.29 is 9.21 Å². The molecule has 0 aromatic carbocycles. The maximum absolute atomic E-state index is 11.8. The van der Waals surface area contributed by atoms with Gasteiger partial charge in [-0.3, -0.25) is 4.79 Å². The minimum atomic E-state index is -0.438. The van der Waals surface area contributed by atoms with Crippen LogP contribution >= 0.6 is 0 Å². The van der Waals surface area contributed by atoms with Gasteiger partial charge >= 0.3 is 6.01 Å². The van der Waals surface area contributed by atoms with E-state index in [4.69, 9.17) is 4.42 Å². The summed E-state index contributed by atoms with van der Waals surface area (Å²) in [6, 6.07) is -0.191. The molecule has 0 radical (unpaired) electrons. The molecule has 1 aromatic heterocycles. The predicted molar refractivity (Wildman–Crippen MR) is 68.0 cm³/mol. The van der Waals surface area contributed by atoms with Crippen LogP contribution in [0.15, 0.2) is 4.42 Å². The van der Waals surface area contributed by atoms with Gasteiger partial charge in [0.25, 0.3) is 0 Å². The molecule has 0 aliphatic rings. The maximum Gasteiger partial charge on any atom is 0.316 e. The van der Waals surface area contributed by atoms with Crippen LogP contribution in [0.5, 0.6) is 0 Å². The number of hydrogen-bond donors (Lipinski definition) is 3. The Morgan fingerprint density at radius 3 is 2.61 bits per heavy atom. The normalized spacial score (nSPS) is 13.2. The molecule has 0 aliphatic heterocycles. The molecule has 1 aromatic rings. The van der Waals surface area contributed by atoms with Gasteiger partial charge in [-0.05, 0) is 34.7 Å². The monoisotopic (exact) mass is 255 g/mol. The minimum Gasteiger partial charge on any atom is -0.407 e. The van der Waals surface area contributed by atoms with Crippen LogP contribution in [0.3, 0.4) is 0 Å². The van der Waals surface area contributed by atoms with E-state index >= 15 is 0 Å². The second kappa shape index (κ2) is 5.81. The highest BCUT2D eigenvalue weighted by Gasteiger charge is 2.20. The largest absolute Gasteiger partial charge is 0.407 e. The van der Waals surface area contributed by atoms with E-state index in [1.807, 2.05) is 20.8 Å². The Morgan fingerprint density at radius 1 is 1.39 bits per heavy atom. The molecule has 1 amide bonds. The standard InChI is InChI=1S/C11H21N5O2/c1-7(9(17)14-11(2,3)4)13-10-16-15-8(18-10)6-12-5/h7,12H,6H2,1-5H3,(H,13,16)(H,14,17). The second-order valence-electron chi connectivity index (χ2n) is 5.14. The van der Waals surface area contributed by atoms with Gasteiger partial charge in [-0.25, -0.2) is 0 Å². The number of nitrogens with zero attached hydrogens (tertiary/aromatic N) is 2. The first-order valence-corrected chi connectivity index (χ1v) is 5.87. The number of aromatic nitrogens is 2. The molecule has 1 rings (SSSR count). The molecule has 3 N–H and O–H groups in total. The SMILES string of the molecule is CNCc1nnc(NC(C)C(=O)NC(C)(C)C)o1. The lowest BCUT2D eigenvalue weighted by Crippen LogP contribution is -2.47. The van der Waals surface area contributed by atoms with Crippen LogP contribution in [0, 0.1) is 0 Å². The molecular formula is C11H21N5O2. The number of amides is 1. The van der Waals surface area contributed by atoms with Crippen molar-refractivity contribution in [1.29, 1.82) is 0 Å². The van der Waals surface area contributed by atoms with E-state index in [-0.39, 0.29) is 17.5 Å². The third-order valence-corrected chi connectivity index (χ3v) is 2.03. The van der Waals surface area contributed by atoms with Crippen LogP contribution in [0.4, 0.5) is 6.01 Å². The lowest BCUT2D eigenvalue weighted by Gasteiger charge is -2.23. The number of carbonyl (C=O) groups excluding carboxylic acids is 1. The lowest BCUT2D eigenvalue weighted by atomic mass is 10.1. The third-order valence-electron chi connectivity index (χ3n) is 2.03. The van der Waals surface area contributed by atoms with E-state index in [0.29, 0.717) is 12.4 Å². The van der Waals surface area contributed by atoms with Crippen LogP contribution in [-0.4, -0.2) is 34.7 Å². The van der Waals surface area contributed by atoms with Gasteiger partial charge in [0.15, 0.2) is 0 Å². The summed E-state index contributed by atoms with van der Waals surface area (Å²) in [6.45, 7) is 8.01. The molecule has 0 bridgehead atoms. The highest BCUT2D eigenvalue weighted by atomic mass is 16.4. The number of anilines is 1. The van der Waals surface area contributed by atoms with Crippen LogP contribution < -0.4 is 16.0 Å². The summed E-state index contributed by atoms with van der Waals surface area (Å²) in [5.41, 5.74) is -0.265. The van der Waals surface area contributed by atoms with Crippen molar-refractivity contribution in [2.75, 3.05) is 12.4 Å². The highest BCUT2D eigenvalue weighted by Crippen LogP contribution is 2.07. The Hall–Kier alpha value is -1.63. The first-order chi connectivity index (χ1) is 8.31. The van der Waals surface area contributed by atoms with E-state index in [1.54, 1.807) is 14.0 Å². The van der Waals surface area contributed by atoms with Crippen molar-refractivity contribution in [1.82, 2.24) is 20.8 Å². The number of carbonyl (C=O) groups is 1. The Labute approximate surface area is 107 Å². The van der Waals surface area contributed by atoms with E-state index < -0.39 is 6.04 Å². The molecule has 7 heteroatoms. The number of hydrogen-bond acceptors (Lipinski definition) is 6. The molecule has 1 atom stereocenters. The van der Waals surface area contributed by atoms with Gasteiger partial charge in [0.2, 0.25) is 11.8 Å². The number of nitrogens with one attached hydrogen (secondary N) is 3. The first kappa shape index (κ1) is 14.4. The van der Waals surface area contributed by atoms with Crippen molar-refractivity contribution in [2.24, 2.45) is 0 Å². The van der Waals surface area contributed by atoms with Crippen molar-refractivity contribution in [2.45, 2.75) is 45.8 Å². The fourth-order valence-electron chi connectivity index (χ4n) is 1.26. The average molecular weight is 255 g/mol. The Kier molecular flexibility index (Phi) is 4.66. The maximum atomic E-state index is 11.8. The quantitative estimate of drug-likeness (QED) is 0.709. The molecule has 0 fully saturated rings. The summed E-state index contributed by atoms with van der Waals surface area (Å²) in [6.07, 6.45) is 0. The Morgan fingerprint density at radius 2 is 2.06 bits per heavy atom. The molecule has 1 heterocycles. The molecule has 7 nitrogen and oxygen atoms in total. The van der Waals surface area contributed by atoms with E-state index in [1.165, 1.54) is 0 Å². The van der Waals surface area contributed by atoms with Crippen molar-refractivity contribution in [3.8, 4) is 0 Å². The van der Waals surface area contributed by atoms with E-state index in [0.717, 1.165) is 0 Å². The molecule has 0 spiro atoms. The smallest absolute Gasteiger partial charge is 0.316 e. The Balaban J connectivity index is 2.52. The van der Waals surface area contributed by atoms with E-state index in [2.05, 4.69) is 26.1 Å². The molecule has 0 saturated heterocycles. The summed E-state index contributed by atoms with van der Waals surface area (Å²) in [7, 11) is 1.79. The van der Waals surface area contributed by atoms with Gasteiger partial charge in [-0.15, -0.1) is 5.10 Å². The summed E-state index contributed by atoms with van der Waals surface area (Å²) >= 11 is 0. The molecule has 1 unspecified atom stereocenters. The van der Waals surface area contributed by atoms with Gasteiger partial charge in [0.05, 0.1) is 6.54 Å². The van der Waals surface area contributed by atoms with Gasteiger partial charge in [-0.1, -0.05) is 5.10 Å². The lowest BCUT2D eigenvalue weighted by molar-refractivity contribution is -0.122. The zero-order chi connectivity index (χ0) is 13.8. The molecule has 102 valence electrons. The van der Waals surface area contributed by atoms with Gasteiger partial charge in [0.1, 0.15) is 6.04 Å². The highest BCUT2D eigenvalue weighted by molar-refractivity contribution is 5.84. The Bertz CT molecular complexity index is 396. The van der Waals surface area contributed by atoms with Gasteiger partial charge in [0, 0.05) is 5.54 Å². The fourth-order valence-corrected chi connectivity index (χ4v) is 1.26. The van der Waals surface area contributed by atoms with Crippen molar-refractivity contribution in [3.05, 3.63) is 5.89 Å².